The molecule has 2 atom stereocenters. The van der Waals surface area contributed by atoms with Crippen LogP contribution in [0.5, 0.6) is 5.75 Å². The van der Waals surface area contributed by atoms with Crippen LogP contribution in [0.25, 0.3) is 0 Å². The van der Waals surface area contributed by atoms with E-state index < -0.39 is 0 Å². The fourth-order valence-corrected chi connectivity index (χ4v) is 3.80. The van der Waals surface area contributed by atoms with Crippen LogP contribution in [0.15, 0.2) is 24.3 Å². The highest BCUT2D eigenvalue weighted by Crippen LogP contribution is 2.27. The van der Waals surface area contributed by atoms with Gasteiger partial charge in [-0.3, -0.25) is 9.59 Å². The normalized spacial score (nSPS) is 24.3. The van der Waals surface area contributed by atoms with Gasteiger partial charge >= 0.3 is 0 Å². The molecule has 2 heterocycles. The zero-order chi connectivity index (χ0) is 17.1. The summed E-state index contributed by atoms with van der Waals surface area (Å²) in [6.45, 7) is 1.50. The highest BCUT2D eigenvalue weighted by atomic mass is 16.5. The van der Waals surface area contributed by atoms with Crippen molar-refractivity contribution in [2.45, 2.75) is 38.1 Å². The number of amides is 2. The molecule has 5 nitrogen and oxygen atoms in total. The molecule has 0 saturated carbocycles. The zero-order valence-corrected chi connectivity index (χ0v) is 14.5. The summed E-state index contributed by atoms with van der Waals surface area (Å²) < 4.78 is 5.29. The van der Waals surface area contributed by atoms with Crippen LogP contribution in [0.4, 0.5) is 0 Å². The highest BCUT2D eigenvalue weighted by molar-refractivity contribution is 5.87. The van der Waals surface area contributed by atoms with E-state index in [-0.39, 0.29) is 23.8 Å². The first-order valence-electron chi connectivity index (χ1n) is 8.76. The third-order valence-electron chi connectivity index (χ3n) is 5.27. The summed E-state index contributed by atoms with van der Waals surface area (Å²) in [5.41, 5.74) is 1.19. The molecule has 130 valence electrons. The molecular formula is C19H26N2O3. The van der Waals surface area contributed by atoms with Gasteiger partial charge in [0.1, 0.15) is 5.75 Å². The number of likely N-dealkylation sites (tertiary alicyclic amines) is 2. The Morgan fingerprint density at radius 2 is 2.12 bits per heavy atom. The van der Waals surface area contributed by atoms with E-state index in [2.05, 4.69) is 6.07 Å². The van der Waals surface area contributed by atoms with Crippen molar-refractivity contribution < 1.29 is 14.3 Å². The molecule has 0 N–H and O–H groups in total. The molecule has 2 saturated heterocycles. The van der Waals surface area contributed by atoms with Crippen molar-refractivity contribution in [1.82, 2.24) is 9.80 Å². The van der Waals surface area contributed by atoms with Crippen LogP contribution in [0.1, 0.15) is 31.2 Å². The maximum atomic E-state index is 12.9. The fraction of sp³-hybridized carbons (Fsp3) is 0.579. The molecule has 1 aromatic carbocycles. The van der Waals surface area contributed by atoms with Crippen molar-refractivity contribution in [3.8, 4) is 5.75 Å². The number of methoxy groups -OCH3 is 1. The van der Waals surface area contributed by atoms with Crippen LogP contribution in [0.3, 0.4) is 0 Å². The van der Waals surface area contributed by atoms with E-state index in [9.17, 15) is 9.59 Å². The lowest BCUT2D eigenvalue weighted by atomic mass is 9.94. The van der Waals surface area contributed by atoms with E-state index in [4.69, 9.17) is 4.74 Å². The molecule has 0 aliphatic carbocycles. The summed E-state index contributed by atoms with van der Waals surface area (Å²) in [4.78, 5) is 28.6. The Balaban J connectivity index is 1.66. The van der Waals surface area contributed by atoms with Gasteiger partial charge in [0.25, 0.3) is 0 Å². The van der Waals surface area contributed by atoms with Gasteiger partial charge in [-0.25, -0.2) is 0 Å². The third kappa shape index (κ3) is 3.55. The van der Waals surface area contributed by atoms with Crippen LogP contribution < -0.4 is 4.74 Å². The van der Waals surface area contributed by atoms with Crippen molar-refractivity contribution >= 4 is 11.8 Å². The SMILES string of the molecule is COc1cccc(C[C@@H]2CCCN2C(=O)[C@@H]2CCN(C)C(=O)C2)c1. The minimum absolute atomic E-state index is 0.0862. The van der Waals surface area contributed by atoms with Crippen molar-refractivity contribution in [2.75, 3.05) is 27.2 Å². The number of nitrogens with zero attached hydrogens (tertiary/aromatic N) is 2. The van der Waals surface area contributed by atoms with Crippen LogP contribution in [-0.4, -0.2) is 54.9 Å². The maximum absolute atomic E-state index is 12.9. The summed E-state index contributed by atoms with van der Waals surface area (Å²) in [5, 5.41) is 0. The van der Waals surface area contributed by atoms with Gasteiger partial charge in [0, 0.05) is 38.5 Å². The molecule has 0 radical (unpaired) electrons. The molecule has 2 amide bonds. The van der Waals surface area contributed by atoms with Crippen molar-refractivity contribution in [1.29, 1.82) is 0 Å². The number of piperidine rings is 1. The van der Waals surface area contributed by atoms with E-state index in [1.54, 1.807) is 12.0 Å². The number of benzene rings is 1. The van der Waals surface area contributed by atoms with Gasteiger partial charge in [0.2, 0.25) is 11.8 Å². The quantitative estimate of drug-likeness (QED) is 0.849. The molecule has 2 fully saturated rings. The van der Waals surface area contributed by atoms with E-state index in [1.807, 2.05) is 30.1 Å². The molecule has 0 aromatic heterocycles. The molecule has 0 spiro atoms. The van der Waals surface area contributed by atoms with Gasteiger partial charge in [-0.05, 0) is 43.4 Å². The first-order valence-corrected chi connectivity index (χ1v) is 8.76. The fourth-order valence-electron chi connectivity index (χ4n) is 3.80. The van der Waals surface area contributed by atoms with E-state index in [1.165, 1.54) is 5.56 Å². The molecule has 0 bridgehead atoms. The molecule has 3 rings (SSSR count). The summed E-state index contributed by atoms with van der Waals surface area (Å²) >= 11 is 0. The first kappa shape index (κ1) is 16.8. The second-order valence-corrected chi connectivity index (χ2v) is 6.89. The minimum atomic E-state index is -0.139. The molecule has 0 unspecified atom stereocenters. The predicted molar refractivity (Wildman–Crippen MR) is 91.8 cm³/mol. The monoisotopic (exact) mass is 330 g/mol. The van der Waals surface area contributed by atoms with Crippen molar-refractivity contribution in [2.24, 2.45) is 5.92 Å². The summed E-state index contributed by atoms with van der Waals surface area (Å²) in [5.74, 6) is 0.967. The van der Waals surface area contributed by atoms with Crippen LogP contribution in [-0.2, 0) is 16.0 Å². The first-order chi connectivity index (χ1) is 11.6. The Morgan fingerprint density at radius 1 is 1.29 bits per heavy atom. The summed E-state index contributed by atoms with van der Waals surface area (Å²) in [7, 11) is 3.48. The lowest BCUT2D eigenvalue weighted by Crippen LogP contribution is -2.45. The van der Waals surface area contributed by atoms with Crippen molar-refractivity contribution in [3.63, 3.8) is 0 Å². The molecule has 2 aliphatic rings. The lowest BCUT2D eigenvalue weighted by Gasteiger charge is -2.33. The number of rotatable bonds is 4. The molecular weight excluding hydrogens is 304 g/mol. The van der Waals surface area contributed by atoms with E-state index in [0.717, 1.165) is 38.0 Å². The second-order valence-electron chi connectivity index (χ2n) is 6.89. The average Bonchev–Trinajstić information content (AvgIpc) is 3.05. The molecule has 5 heteroatoms. The van der Waals surface area contributed by atoms with Crippen LogP contribution >= 0.6 is 0 Å². The van der Waals surface area contributed by atoms with Gasteiger partial charge in [-0.15, -0.1) is 0 Å². The lowest BCUT2D eigenvalue weighted by molar-refractivity contribution is -0.144. The molecule has 2 aliphatic heterocycles. The Morgan fingerprint density at radius 3 is 2.88 bits per heavy atom. The van der Waals surface area contributed by atoms with E-state index in [0.29, 0.717) is 13.0 Å². The summed E-state index contributed by atoms with van der Waals surface area (Å²) in [6.07, 6.45) is 4.06. The highest BCUT2D eigenvalue weighted by Gasteiger charge is 2.36. The standard InChI is InChI=1S/C19H26N2O3/c1-20-10-8-15(13-18(20)22)19(23)21-9-4-6-16(21)11-14-5-3-7-17(12-14)24-2/h3,5,7,12,15-16H,4,6,8-11,13H2,1-2H3/t15-,16+/m1/s1. The third-order valence-corrected chi connectivity index (χ3v) is 5.27. The van der Waals surface area contributed by atoms with Gasteiger partial charge < -0.3 is 14.5 Å². The summed E-state index contributed by atoms with van der Waals surface area (Å²) in [6, 6.07) is 8.29. The maximum Gasteiger partial charge on any atom is 0.226 e. The average molecular weight is 330 g/mol. The second kappa shape index (κ2) is 7.24. The van der Waals surface area contributed by atoms with E-state index >= 15 is 0 Å². The molecule has 1 aromatic rings. The van der Waals surface area contributed by atoms with Crippen LogP contribution in [0.2, 0.25) is 0 Å². The van der Waals surface area contributed by atoms with Gasteiger partial charge in [0.15, 0.2) is 0 Å². The number of ether oxygens (including phenoxy) is 1. The Labute approximate surface area is 143 Å². The topological polar surface area (TPSA) is 49.9 Å². The molecule has 24 heavy (non-hydrogen) atoms. The Hall–Kier alpha value is -2.04. The van der Waals surface area contributed by atoms with Gasteiger partial charge in [0.05, 0.1) is 7.11 Å². The predicted octanol–water partition coefficient (Wildman–Crippen LogP) is 2.10. The zero-order valence-electron chi connectivity index (χ0n) is 14.5. The Kier molecular flexibility index (Phi) is 5.07. The number of carbonyl (C=O) groups excluding carboxylic acids is 2. The van der Waals surface area contributed by atoms with Gasteiger partial charge in [-0.1, -0.05) is 12.1 Å². The van der Waals surface area contributed by atoms with Crippen LogP contribution in [0, 0.1) is 5.92 Å². The van der Waals surface area contributed by atoms with Gasteiger partial charge in [-0.2, -0.15) is 0 Å². The minimum Gasteiger partial charge on any atom is -0.497 e. The van der Waals surface area contributed by atoms with Crippen molar-refractivity contribution in [3.05, 3.63) is 29.8 Å². The smallest absolute Gasteiger partial charge is 0.226 e. The number of carbonyl (C=O) groups is 2. The number of hydrogen-bond donors (Lipinski definition) is 0. The largest absolute Gasteiger partial charge is 0.497 e. The Bertz CT molecular complexity index is 616. The number of hydrogen-bond acceptors (Lipinski definition) is 3.